The SMILES string of the molecule is Cc1nnnn1-c1cc(NC(=O)CCCOc2ccccc2Br)ccc1F. The van der Waals surface area contributed by atoms with Crippen molar-refractivity contribution in [2.24, 2.45) is 0 Å². The molecule has 0 unspecified atom stereocenters. The first-order chi connectivity index (χ1) is 13.0. The van der Waals surface area contributed by atoms with E-state index in [1.165, 1.54) is 22.9 Å². The maximum atomic E-state index is 14.0. The lowest BCUT2D eigenvalue weighted by Crippen LogP contribution is -2.13. The van der Waals surface area contributed by atoms with Crippen LogP contribution in [0.2, 0.25) is 0 Å². The number of amides is 1. The van der Waals surface area contributed by atoms with Crippen molar-refractivity contribution in [2.75, 3.05) is 11.9 Å². The molecule has 27 heavy (non-hydrogen) atoms. The lowest BCUT2D eigenvalue weighted by molar-refractivity contribution is -0.116. The number of benzene rings is 2. The Bertz CT molecular complexity index is 947. The molecule has 0 aliphatic rings. The quantitative estimate of drug-likeness (QED) is 0.574. The van der Waals surface area contributed by atoms with E-state index in [4.69, 9.17) is 4.74 Å². The molecule has 0 saturated heterocycles. The van der Waals surface area contributed by atoms with Gasteiger partial charge in [-0.3, -0.25) is 4.79 Å². The number of nitrogens with zero attached hydrogens (tertiary/aromatic N) is 4. The minimum Gasteiger partial charge on any atom is -0.492 e. The van der Waals surface area contributed by atoms with Crippen LogP contribution in [-0.2, 0) is 4.79 Å². The second-order valence-corrected chi connectivity index (χ2v) is 6.59. The zero-order valence-corrected chi connectivity index (χ0v) is 16.1. The Hall–Kier alpha value is -2.81. The van der Waals surface area contributed by atoms with E-state index in [1.54, 1.807) is 6.92 Å². The van der Waals surface area contributed by atoms with Crippen LogP contribution in [0.5, 0.6) is 5.75 Å². The third-order valence-electron chi connectivity index (χ3n) is 3.73. The van der Waals surface area contributed by atoms with E-state index in [1.807, 2.05) is 24.3 Å². The molecule has 3 rings (SSSR count). The van der Waals surface area contributed by atoms with Gasteiger partial charge >= 0.3 is 0 Å². The molecule has 1 N–H and O–H groups in total. The Morgan fingerprint density at radius 3 is 2.85 bits per heavy atom. The van der Waals surface area contributed by atoms with Crippen molar-refractivity contribution in [2.45, 2.75) is 19.8 Å². The van der Waals surface area contributed by atoms with Crippen LogP contribution in [0.15, 0.2) is 46.9 Å². The molecule has 0 aliphatic carbocycles. The van der Waals surface area contributed by atoms with Crippen LogP contribution >= 0.6 is 15.9 Å². The Balaban J connectivity index is 1.54. The van der Waals surface area contributed by atoms with Crippen LogP contribution in [0, 0.1) is 12.7 Å². The highest BCUT2D eigenvalue weighted by Gasteiger charge is 2.12. The van der Waals surface area contributed by atoms with E-state index in [2.05, 4.69) is 36.8 Å². The number of aromatic nitrogens is 4. The van der Waals surface area contributed by atoms with Gasteiger partial charge in [-0.1, -0.05) is 12.1 Å². The molecule has 7 nitrogen and oxygen atoms in total. The maximum absolute atomic E-state index is 14.0. The number of nitrogens with one attached hydrogen (secondary N) is 1. The highest BCUT2D eigenvalue weighted by molar-refractivity contribution is 9.10. The number of hydrogen-bond donors (Lipinski definition) is 1. The first-order valence-electron chi connectivity index (χ1n) is 8.26. The highest BCUT2D eigenvalue weighted by atomic mass is 79.9. The van der Waals surface area contributed by atoms with Gasteiger partial charge in [-0.05, 0) is 70.0 Å². The Labute approximate surface area is 163 Å². The predicted molar refractivity (Wildman–Crippen MR) is 101 cm³/mol. The second-order valence-electron chi connectivity index (χ2n) is 5.73. The summed E-state index contributed by atoms with van der Waals surface area (Å²) >= 11 is 3.40. The number of carbonyl (C=O) groups is 1. The molecule has 1 amide bonds. The maximum Gasteiger partial charge on any atom is 0.224 e. The van der Waals surface area contributed by atoms with Gasteiger partial charge in [0.1, 0.15) is 17.3 Å². The summed E-state index contributed by atoms with van der Waals surface area (Å²) in [5.41, 5.74) is 0.644. The normalized spacial score (nSPS) is 10.6. The van der Waals surface area contributed by atoms with Gasteiger partial charge in [0.2, 0.25) is 5.91 Å². The minimum atomic E-state index is -0.481. The van der Waals surface area contributed by atoms with Crippen LogP contribution in [0.4, 0.5) is 10.1 Å². The van der Waals surface area contributed by atoms with E-state index < -0.39 is 5.82 Å². The van der Waals surface area contributed by atoms with E-state index in [9.17, 15) is 9.18 Å². The molecule has 1 heterocycles. The van der Waals surface area contributed by atoms with E-state index in [-0.39, 0.29) is 18.0 Å². The number of anilines is 1. The van der Waals surface area contributed by atoms with Crippen molar-refractivity contribution >= 4 is 27.5 Å². The summed E-state index contributed by atoms with van der Waals surface area (Å²) in [7, 11) is 0. The second kappa shape index (κ2) is 8.72. The lowest BCUT2D eigenvalue weighted by atomic mass is 10.2. The monoisotopic (exact) mass is 433 g/mol. The van der Waals surface area contributed by atoms with Gasteiger partial charge in [0.25, 0.3) is 0 Å². The smallest absolute Gasteiger partial charge is 0.224 e. The number of aryl methyl sites for hydroxylation is 1. The number of carbonyl (C=O) groups excluding carboxylic acids is 1. The zero-order valence-electron chi connectivity index (χ0n) is 14.5. The van der Waals surface area contributed by atoms with Gasteiger partial charge < -0.3 is 10.1 Å². The predicted octanol–water partition coefficient (Wildman–Crippen LogP) is 3.67. The number of rotatable bonds is 7. The largest absolute Gasteiger partial charge is 0.492 e. The Morgan fingerprint density at radius 1 is 1.30 bits per heavy atom. The third-order valence-corrected chi connectivity index (χ3v) is 4.38. The van der Waals surface area contributed by atoms with Crippen LogP contribution in [-0.4, -0.2) is 32.7 Å². The summed E-state index contributed by atoms with van der Waals surface area (Å²) in [5.74, 6) is 0.515. The van der Waals surface area contributed by atoms with E-state index in [0.29, 0.717) is 24.5 Å². The summed E-state index contributed by atoms with van der Waals surface area (Å²) in [4.78, 5) is 12.1. The highest BCUT2D eigenvalue weighted by Crippen LogP contribution is 2.24. The van der Waals surface area contributed by atoms with Crippen molar-refractivity contribution in [3.05, 3.63) is 58.6 Å². The standard InChI is InChI=1S/C18H17BrFN5O2/c1-12-22-23-24-25(12)16-11-13(8-9-15(16)20)21-18(26)7-4-10-27-17-6-3-2-5-14(17)19/h2-3,5-6,8-9,11H,4,7,10H2,1H3,(H,21,26). The molecule has 0 aliphatic heterocycles. The van der Waals surface area contributed by atoms with Crippen molar-refractivity contribution in [3.8, 4) is 11.4 Å². The van der Waals surface area contributed by atoms with E-state index in [0.717, 1.165) is 10.2 Å². The molecule has 0 saturated carbocycles. The van der Waals surface area contributed by atoms with Crippen molar-refractivity contribution in [1.29, 1.82) is 0 Å². The molecule has 140 valence electrons. The van der Waals surface area contributed by atoms with Gasteiger partial charge in [-0.15, -0.1) is 5.10 Å². The van der Waals surface area contributed by atoms with Crippen LogP contribution < -0.4 is 10.1 Å². The lowest BCUT2D eigenvalue weighted by Gasteiger charge is -2.10. The number of hydrogen-bond acceptors (Lipinski definition) is 5. The van der Waals surface area contributed by atoms with Gasteiger partial charge in [-0.25, -0.2) is 4.39 Å². The summed E-state index contributed by atoms with van der Waals surface area (Å²) in [6, 6.07) is 11.8. The fourth-order valence-corrected chi connectivity index (χ4v) is 2.81. The number of para-hydroxylation sites is 1. The first-order valence-corrected chi connectivity index (χ1v) is 9.06. The average Bonchev–Trinajstić information content (AvgIpc) is 3.07. The molecular weight excluding hydrogens is 417 g/mol. The van der Waals surface area contributed by atoms with Gasteiger partial charge in [0, 0.05) is 12.1 Å². The van der Waals surface area contributed by atoms with Gasteiger partial charge in [0.15, 0.2) is 5.82 Å². The summed E-state index contributed by atoms with van der Waals surface area (Å²) in [6.45, 7) is 2.07. The molecule has 0 fully saturated rings. The van der Waals surface area contributed by atoms with Crippen LogP contribution in [0.1, 0.15) is 18.7 Å². The van der Waals surface area contributed by atoms with Crippen molar-refractivity contribution in [3.63, 3.8) is 0 Å². The topological polar surface area (TPSA) is 81.9 Å². The van der Waals surface area contributed by atoms with Gasteiger partial charge in [-0.2, -0.15) is 4.68 Å². The number of tetrazole rings is 1. The molecule has 3 aromatic rings. The molecule has 0 spiro atoms. The first kappa shape index (κ1) is 19.0. The molecule has 0 bridgehead atoms. The fraction of sp³-hybridized carbons (Fsp3) is 0.222. The molecule has 0 radical (unpaired) electrons. The average molecular weight is 434 g/mol. The van der Waals surface area contributed by atoms with E-state index >= 15 is 0 Å². The molecule has 9 heteroatoms. The molecule has 1 aromatic heterocycles. The molecular formula is C18H17BrFN5O2. The fourth-order valence-electron chi connectivity index (χ4n) is 2.41. The number of halogens is 2. The number of ether oxygens (including phenoxy) is 1. The Morgan fingerprint density at radius 2 is 2.11 bits per heavy atom. The Kier molecular flexibility index (Phi) is 6.12. The summed E-state index contributed by atoms with van der Waals surface area (Å²) in [5, 5.41) is 13.7. The minimum absolute atomic E-state index is 0.174. The van der Waals surface area contributed by atoms with Crippen molar-refractivity contribution in [1.82, 2.24) is 20.2 Å². The van der Waals surface area contributed by atoms with Crippen LogP contribution in [0.3, 0.4) is 0 Å². The molecule has 2 aromatic carbocycles. The summed E-state index contributed by atoms with van der Waals surface area (Å²) in [6.07, 6.45) is 0.828. The van der Waals surface area contributed by atoms with Gasteiger partial charge in [0.05, 0.1) is 11.1 Å². The zero-order chi connectivity index (χ0) is 19.2. The molecule has 0 atom stereocenters. The summed E-state index contributed by atoms with van der Waals surface area (Å²) < 4.78 is 21.8. The third kappa shape index (κ3) is 4.88. The van der Waals surface area contributed by atoms with Crippen molar-refractivity contribution < 1.29 is 13.9 Å². The van der Waals surface area contributed by atoms with Crippen LogP contribution in [0.25, 0.3) is 5.69 Å².